The normalized spacial score (nSPS) is 10.1. The topological polar surface area (TPSA) is 52.0 Å². The van der Waals surface area contributed by atoms with Gasteiger partial charge in [0.05, 0.1) is 14.9 Å². The van der Waals surface area contributed by atoms with Crippen LogP contribution in [0.15, 0.2) is 6.07 Å². The van der Waals surface area contributed by atoms with Crippen LogP contribution in [0.4, 0.5) is 20.2 Å². The van der Waals surface area contributed by atoms with Gasteiger partial charge < -0.3 is 11.5 Å². The largest absolute Gasteiger partial charge is 0.397 e. The molecule has 2 nitrogen and oxygen atoms in total. The molecule has 11 heavy (non-hydrogen) atoms. The second kappa shape index (κ2) is 2.80. The minimum absolute atomic E-state index is 0.0691. The molecule has 0 aliphatic heterocycles. The third-order valence-corrected chi connectivity index (χ3v) is 2.22. The van der Waals surface area contributed by atoms with E-state index in [1.54, 1.807) is 0 Å². The second-order valence-electron chi connectivity index (χ2n) is 1.99. The van der Waals surface area contributed by atoms with Crippen LogP contribution >= 0.6 is 22.6 Å². The van der Waals surface area contributed by atoms with E-state index in [-0.39, 0.29) is 14.9 Å². The monoisotopic (exact) mass is 270 g/mol. The van der Waals surface area contributed by atoms with E-state index in [1.807, 2.05) is 0 Å². The molecule has 1 aromatic rings. The molecule has 0 amide bonds. The van der Waals surface area contributed by atoms with Crippen molar-refractivity contribution in [1.82, 2.24) is 0 Å². The van der Waals surface area contributed by atoms with E-state index >= 15 is 0 Å². The summed E-state index contributed by atoms with van der Waals surface area (Å²) in [5, 5.41) is 0. The maximum Gasteiger partial charge on any atom is 0.164 e. The lowest BCUT2D eigenvalue weighted by Crippen LogP contribution is -2.02. The fraction of sp³-hybridized carbons (Fsp3) is 0. The van der Waals surface area contributed by atoms with Gasteiger partial charge in [-0.25, -0.2) is 8.78 Å². The number of hydrogen-bond donors (Lipinski definition) is 2. The Morgan fingerprint density at radius 3 is 2.36 bits per heavy atom. The second-order valence-corrected chi connectivity index (χ2v) is 3.07. The number of rotatable bonds is 0. The first-order chi connectivity index (χ1) is 5.04. The van der Waals surface area contributed by atoms with Crippen LogP contribution in [-0.2, 0) is 0 Å². The van der Waals surface area contributed by atoms with E-state index in [0.29, 0.717) is 0 Å². The van der Waals surface area contributed by atoms with Crippen LogP contribution in [0.2, 0.25) is 0 Å². The van der Waals surface area contributed by atoms with E-state index in [9.17, 15) is 8.78 Å². The molecule has 60 valence electrons. The summed E-state index contributed by atoms with van der Waals surface area (Å²) in [6.07, 6.45) is 0. The van der Waals surface area contributed by atoms with Gasteiger partial charge in [0.25, 0.3) is 0 Å². The number of nitrogen functional groups attached to an aromatic ring is 2. The Labute approximate surface area is 75.7 Å². The fourth-order valence-electron chi connectivity index (χ4n) is 0.627. The van der Waals surface area contributed by atoms with E-state index < -0.39 is 11.6 Å². The lowest BCUT2D eigenvalue weighted by Gasteiger charge is -2.03. The number of benzene rings is 1. The summed E-state index contributed by atoms with van der Waals surface area (Å²) in [5.74, 6) is -1.47. The van der Waals surface area contributed by atoms with Gasteiger partial charge in [0, 0.05) is 6.07 Å². The SMILES string of the molecule is Nc1cc(F)c(I)c(F)c1N. The van der Waals surface area contributed by atoms with Crippen molar-refractivity contribution in [2.75, 3.05) is 11.5 Å². The van der Waals surface area contributed by atoms with Gasteiger partial charge in [-0.05, 0) is 22.6 Å². The van der Waals surface area contributed by atoms with Crippen LogP contribution in [0.1, 0.15) is 0 Å². The molecular formula is C6H5F2IN2. The summed E-state index contributed by atoms with van der Waals surface area (Å²) in [4.78, 5) is 0. The standard InChI is InChI=1S/C6H5F2IN2/c7-2-1-3(10)6(11)4(8)5(2)9/h1H,10-11H2. The average molecular weight is 270 g/mol. The molecule has 5 heteroatoms. The maximum absolute atomic E-state index is 12.8. The zero-order valence-electron chi connectivity index (χ0n) is 5.37. The van der Waals surface area contributed by atoms with Crippen LogP contribution < -0.4 is 11.5 Å². The van der Waals surface area contributed by atoms with Crippen LogP contribution in [0.5, 0.6) is 0 Å². The number of hydrogen-bond acceptors (Lipinski definition) is 2. The number of nitrogens with two attached hydrogens (primary N) is 2. The Morgan fingerprint density at radius 2 is 1.82 bits per heavy atom. The van der Waals surface area contributed by atoms with Gasteiger partial charge in [0.2, 0.25) is 0 Å². The van der Waals surface area contributed by atoms with Gasteiger partial charge in [0.15, 0.2) is 5.82 Å². The summed E-state index contributed by atoms with van der Waals surface area (Å²) in [6, 6.07) is 1.00. The first-order valence-corrected chi connectivity index (χ1v) is 3.80. The molecule has 0 aliphatic carbocycles. The molecule has 0 aromatic heterocycles. The third kappa shape index (κ3) is 1.37. The van der Waals surface area contributed by atoms with Crippen molar-refractivity contribution in [2.24, 2.45) is 0 Å². The highest BCUT2D eigenvalue weighted by atomic mass is 127. The summed E-state index contributed by atoms with van der Waals surface area (Å²) in [6.45, 7) is 0. The third-order valence-electron chi connectivity index (χ3n) is 1.23. The molecule has 0 spiro atoms. The van der Waals surface area contributed by atoms with Gasteiger partial charge in [-0.3, -0.25) is 0 Å². The zero-order valence-corrected chi connectivity index (χ0v) is 7.52. The molecular weight excluding hydrogens is 265 g/mol. The Hall–Kier alpha value is -0.590. The van der Waals surface area contributed by atoms with Crippen LogP contribution in [0, 0.1) is 15.2 Å². The predicted molar refractivity (Wildman–Crippen MR) is 47.9 cm³/mol. The molecule has 4 N–H and O–H groups in total. The number of anilines is 2. The molecule has 0 saturated carbocycles. The van der Waals surface area contributed by atoms with E-state index in [0.717, 1.165) is 6.07 Å². The Morgan fingerprint density at radius 1 is 1.27 bits per heavy atom. The van der Waals surface area contributed by atoms with Crippen LogP contribution in [0.25, 0.3) is 0 Å². The average Bonchev–Trinajstić information content (AvgIpc) is 1.97. The minimum Gasteiger partial charge on any atom is -0.397 e. The maximum atomic E-state index is 12.8. The minimum atomic E-state index is -0.789. The van der Waals surface area contributed by atoms with E-state index in [2.05, 4.69) is 0 Å². The van der Waals surface area contributed by atoms with Crippen molar-refractivity contribution in [3.05, 3.63) is 21.3 Å². The lowest BCUT2D eigenvalue weighted by atomic mass is 10.2. The summed E-state index contributed by atoms with van der Waals surface area (Å²) in [7, 11) is 0. The Kier molecular flexibility index (Phi) is 2.17. The van der Waals surface area contributed by atoms with Gasteiger partial charge in [0.1, 0.15) is 5.82 Å². The van der Waals surface area contributed by atoms with Crippen molar-refractivity contribution in [3.63, 3.8) is 0 Å². The van der Waals surface area contributed by atoms with E-state index in [1.165, 1.54) is 22.6 Å². The molecule has 0 radical (unpaired) electrons. The molecule has 0 unspecified atom stereocenters. The highest BCUT2D eigenvalue weighted by Crippen LogP contribution is 2.25. The molecule has 0 aliphatic rings. The molecule has 0 bridgehead atoms. The zero-order chi connectivity index (χ0) is 8.59. The van der Waals surface area contributed by atoms with Crippen LogP contribution in [0.3, 0.4) is 0 Å². The van der Waals surface area contributed by atoms with Crippen LogP contribution in [-0.4, -0.2) is 0 Å². The lowest BCUT2D eigenvalue weighted by molar-refractivity contribution is 0.574. The van der Waals surface area contributed by atoms with Crippen molar-refractivity contribution in [2.45, 2.75) is 0 Å². The highest BCUT2D eigenvalue weighted by Gasteiger charge is 2.11. The summed E-state index contributed by atoms with van der Waals surface area (Å²) >= 11 is 1.53. The quantitative estimate of drug-likeness (QED) is 0.428. The van der Waals surface area contributed by atoms with Gasteiger partial charge in [-0.1, -0.05) is 0 Å². The molecule has 1 rings (SSSR count). The first-order valence-electron chi connectivity index (χ1n) is 2.72. The molecule has 0 fully saturated rings. The smallest absolute Gasteiger partial charge is 0.164 e. The molecule has 1 aromatic carbocycles. The fourth-order valence-corrected chi connectivity index (χ4v) is 1.07. The predicted octanol–water partition coefficient (Wildman–Crippen LogP) is 1.73. The Balaban J connectivity index is 3.46. The Bertz CT molecular complexity index is 275. The first kappa shape index (κ1) is 8.51. The van der Waals surface area contributed by atoms with Gasteiger partial charge in [-0.15, -0.1) is 0 Å². The van der Waals surface area contributed by atoms with E-state index in [4.69, 9.17) is 11.5 Å². The summed E-state index contributed by atoms with van der Waals surface area (Å²) < 4.78 is 25.3. The summed E-state index contributed by atoms with van der Waals surface area (Å²) in [5.41, 5.74) is 10.1. The van der Waals surface area contributed by atoms with Crippen molar-refractivity contribution < 1.29 is 8.78 Å². The highest BCUT2D eigenvalue weighted by molar-refractivity contribution is 14.1. The van der Waals surface area contributed by atoms with Crippen molar-refractivity contribution in [3.8, 4) is 0 Å². The van der Waals surface area contributed by atoms with Crippen molar-refractivity contribution in [1.29, 1.82) is 0 Å². The number of halogens is 3. The van der Waals surface area contributed by atoms with Gasteiger partial charge >= 0.3 is 0 Å². The van der Waals surface area contributed by atoms with Crippen molar-refractivity contribution >= 4 is 34.0 Å². The molecule has 0 atom stereocenters. The van der Waals surface area contributed by atoms with Gasteiger partial charge in [-0.2, -0.15) is 0 Å². The molecule has 0 saturated heterocycles. The molecule has 0 heterocycles.